The van der Waals surface area contributed by atoms with Crippen LogP contribution in [0.2, 0.25) is 0 Å². The molecule has 1 aliphatic heterocycles. The van der Waals surface area contributed by atoms with Crippen molar-refractivity contribution in [1.29, 1.82) is 0 Å². The van der Waals surface area contributed by atoms with Crippen LogP contribution < -0.4 is 10.2 Å². The molecule has 1 saturated heterocycles. The Morgan fingerprint density at radius 1 is 1.05 bits per heavy atom. The quantitative estimate of drug-likeness (QED) is 0.472. The minimum atomic E-state index is -4.40. The Hall–Kier alpha value is -3.32. The Labute approximate surface area is 224 Å². The molecule has 13 heteroatoms. The van der Waals surface area contributed by atoms with Gasteiger partial charge in [-0.3, -0.25) is 9.69 Å². The average molecular weight is 551 g/mol. The molecular formula is C26H33F3N6O4. The minimum absolute atomic E-state index is 0.00472. The van der Waals surface area contributed by atoms with Crippen LogP contribution in [0.4, 0.5) is 19.1 Å². The number of nitrogens with zero attached hydrogens (tertiary/aromatic N) is 5. The number of amides is 1. The molecule has 0 spiro atoms. The van der Waals surface area contributed by atoms with Gasteiger partial charge in [-0.2, -0.15) is 18.3 Å². The van der Waals surface area contributed by atoms with Gasteiger partial charge in [0, 0.05) is 37.8 Å². The lowest BCUT2D eigenvalue weighted by Crippen LogP contribution is -2.51. The Morgan fingerprint density at radius 2 is 1.74 bits per heavy atom. The summed E-state index contributed by atoms with van der Waals surface area (Å²) in [7, 11) is 0. The molecule has 2 aromatic rings. The number of hydrogen-bond donors (Lipinski definition) is 1. The summed E-state index contributed by atoms with van der Waals surface area (Å²) < 4.78 is 49.0. The van der Waals surface area contributed by atoms with Crippen molar-refractivity contribution in [3.63, 3.8) is 0 Å². The van der Waals surface area contributed by atoms with Crippen molar-refractivity contribution in [1.82, 2.24) is 25.4 Å². The van der Waals surface area contributed by atoms with Crippen molar-refractivity contribution in [2.75, 3.05) is 50.8 Å². The van der Waals surface area contributed by atoms with Crippen LogP contribution in [0.1, 0.15) is 38.2 Å². The number of hydrogen-bond acceptors (Lipinski definition) is 9. The number of carbonyl (C=O) groups is 2. The van der Waals surface area contributed by atoms with Crippen LogP contribution in [0, 0.1) is 0 Å². The second-order valence-electron chi connectivity index (χ2n) is 9.64. The molecule has 0 unspecified atom stereocenters. The van der Waals surface area contributed by atoms with Crippen LogP contribution in [-0.4, -0.2) is 90.0 Å². The molecule has 1 aromatic carbocycles. The first-order valence-electron chi connectivity index (χ1n) is 13.1. The molecule has 2 aliphatic rings. The summed E-state index contributed by atoms with van der Waals surface area (Å²) in [6, 6.07) is 4.87. The molecule has 2 heterocycles. The predicted octanol–water partition coefficient (Wildman–Crippen LogP) is 2.69. The number of esters is 1. The number of anilines is 1. The molecule has 212 valence electrons. The van der Waals surface area contributed by atoms with Crippen molar-refractivity contribution in [2.45, 2.75) is 50.9 Å². The van der Waals surface area contributed by atoms with Crippen molar-refractivity contribution in [3.05, 3.63) is 36.0 Å². The molecular weight excluding hydrogens is 517 g/mol. The van der Waals surface area contributed by atoms with E-state index in [1.54, 1.807) is 6.92 Å². The second-order valence-corrected chi connectivity index (χ2v) is 9.64. The fourth-order valence-corrected chi connectivity index (χ4v) is 4.74. The van der Waals surface area contributed by atoms with Gasteiger partial charge in [-0.15, -0.1) is 5.10 Å². The molecule has 10 nitrogen and oxygen atoms in total. The van der Waals surface area contributed by atoms with Gasteiger partial charge in [0.1, 0.15) is 6.61 Å². The van der Waals surface area contributed by atoms with Gasteiger partial charge in [-0.05, 0) is 44.7 Å². The zero-order valence-corrected chi connectivity index (χ0v) is 21.8. The van der Waals surface area contributed by atoms with Gasteiger partial charge < -0.3 is 19.7 Å². The molecule has 0 bridgehead atoms. The highest BCUT2D eigenvalue weighted by Gasteiger charge is 2.30. The summed E-state index contributed by atoms with van der Waals surface area (Å²) in [4.78, 5) is 32.6. The standard InChI is InChI=1S/C26H33F3N6O4/c1-2-38-24(37)17-39-21-9-7-20(8-10-21)31-23(36)16-34-11-13-35(14-12-34)25-32-22(15-30-33-25)18-3-5-19(6-4-18)26(27,28)29/h3-6,15,20-21H,2,7-14,16-17H2,1H3,(H,31,36)/t20-,21-. The summed E-state index contributed by atoms with van der Waals surface area (Å²) >= 11 is 0. The lowest BCUT2D eigenvalue weighted by atomic mass is 9.93. The third kappa shape index (κ3) is 8.33. The number of piperazine rings is 1. The Kier molecular flexibility index (Phi) is 9.68. The lowest BCUT2D eigenvalue weighted by Gasteiger charge is -2.35. The molecule has 1 amide bonds. The predicted molar refractivity (Wildman–Crippen MR) is 136 cm³/mol. The van der Waals surface area contributed by atoms with Gasteiger partial charge in [0.15, 0.2) is 0 Å². The van der Waals surface area contributed by atoms with E-state index in [4.69, 9.17) is 9.47 Å². The second kappa shape index (κ2) is 13.2. The average Bonchev–Trinajstić information content (AvgIpc) is 2.93. The number of aromatic nitrogens is 3. The molecule has 39 heavy (non-hydrogen) atoms. The van der Waals surface area contributed by atoms with E-state index in [-0.39, 0.29) is 37.2 Å². The highest BCUT2D eigenvalue weighted by atomic mass is 19.4. The van der Waals surface area contributed by atoms with Gasteiger partial charge in [0.05, 0.1) is 36.7 Å². The molecule has 2 fully saturated rings. The third-order valence-corrected chi connectivity index (χ3v) is 6.86. The largest absolute Gasteiger partial charge is 0.464 e. The van der Waals surface area contributed by atoms with Gasteiger partial charge in [0.25, 0.3) is 0 Å². The first-order chi connectivity index (χ1) is 18.7. The minimum Gasteiger partial charge on any atom is -0.464 e. The van der Waals surface area contributed by atoms with Gasteiger partial charge in [0.2, 0.25) is 11.9 Å². The summed E-state index contributed by atoms with van der Waals surface area (Å²) in [6.07, 6.45) is 0.187. The van der Waals surface area contributed by atoms with Crippen LogP contribution in [0.15, 0.2) is 30.5 Å². The van der Waals surface area contributed by atoms with E-state index in [1.807, 2.05) is 4.90 Å². The van der Waals surface area contributed by atoms with Crippen molar-refractivity contribution in [3.8, 4) is 11.3 Å². The summed E-state index contributed by atoms with van der Waals surface area (Å²) in [6.45, 7) is 4.79. The molecule has 1 aromatic heterocycles. The summed E-state index contributed by atoms with van der Waals surface area (Å²) in [5.74, 6) is 0.0164. The van der Waals surface area contributed by atoms with E-state index >= 15 is 0 Å². The van der Waals surface area contributed by atoms with Gasteiger partial charge in [-0.25, -0.2) is 9.78 Å². The number of ether oxygens (including phenoxy) is 2. The first kappa shape index (κ1) is 28.7. The summed E-state index contributed by atoms with van der Waals surface area (Å²) in [5, 5.41) is 11.2. The normalized spacial score (nSPS) is 20.5. The van der Waals surface area contributed by atoms with Gasteiger partial charge >= 0.3 is 12.1 Å². The summed E-state index contributed by atoms with van der Waals surface area (Å²) in [5.41, 5.74) is 0.243. The maximum Gasteiger partial charge on any atom is 0.416 e. The van der Waals surface area contributed by atoms with Crippen molar-refractivity contribution >= 4 is 17.8 Å². The highest BCUT2D eigenvalue weighted by molar-refractivity contribution is 5.78. The van der Waals surface area contributed by atoms with Crippen LogP contribution in [-0.2, 0) is 25.2 Å². The molecule has 1 saturated carbocycles. The Bertz CT molecular complexity index is 1100. The Morgan fingerprint density at radius 3 is 2.38 bits per heavy atom. The van der Waals surface area contributed by atoms with E-state index in [2.05, 4.69) is 25.4 Å². The van der Waals surface area contributed by atoms with E-state index in [0.29, 0.717) is 50.0 Å². The Balaban J connectivity index is 1.19. The number of halogens is 3. The smallest absolute Gasteiger partial charge is 0.416 e. The fourth-order valence-electron chi connectivity index (χ4n) is 4.74. The first-order valence-corrected chi connectivity index (χ1v) is 13.1. The number of alkyl halides is 3. The van der Waals surface area contributed by atoms with Crippen LogP contribution in [0.3, 0.4) is 0 Å². The fraction of sp³-hybridized carbons (Fsp3) is 0.577. The monoisotopic (exact) mass is 550 g/mol. The zero-order valence-electron chi connectivity index (χ0n) is 21.8. The topological polar surface area (TPSA) is 110 Å². The molecule has 4 rings (SSSR count). The maximum atomic E-state index is 12.8. The number of rotatable bonds is 9. The van der Waals surface area contributed by atoms with E-state index in [0.717, 1.165) is 37.8 Å². The molecule has 1 aliphatic carbocycles. The van der Waals surface area contributed by atoms with Crippen LogP contribution in [0.25, 0.3) is 11.3 Å². The number of nitrogens with one attached hydrogen (secondary N) is 1. The lowest BCUT2D eigenvalue weighted by molar-refractivity contribution is -0.151. The molecule has 0 radical (unpaired) electrons. The van der Waals surface area contributed by atoms with E-state index in [9.17, 15) is 22.8 Å². The molecule has 0 atom stereocenters. The van der Waals surface area contributed by atoms with Gasteiger partial charge in [-0.1, -0.05) is 12.1 Å². The SMILES string of the molecule is CCOC(=O)CO[C@H]1CC[C@H](NC(=O)CN2CCN(c3nncc(-c4ccc(C(F)(F)F)cc4)n3)CC2)CC1. The highest BCUT2D eigenvalue weighted by Crippen LogP contribution is 2.30. The van der Waals surface area contributed by atoms with E-state index < -0.39 is 11.7 Å². The van der Waals surface area contributed by atoms with Crippen LogP contribution in [0.5, 0.6) is 0 Å². The maximum absolute atomic E-state index is 12.8. The number of benzene rings is 1. The zero-order chi connectivity index (χ0) is 27.8. The number of carbonyl (C=O) groups excluding carboxylic acids is 2. The third-order valence-electron chi connectivity index (χ3n) is 6.86. The van der Waals surface area contributed by atoms with E-state index in [1.165, 1.54) is 18.3 Å². The molecule has 1 N–H and O–H groups in total. The van der Waals surface area contributed by atoms with Crippen molar-refractivity contribution < 1.29 is 32.2 Å². The van der Waals surface area contributed by atoms with Crippen molar-refractivity contribution in [2.24, 2.45) is 0 Å². The van der Waals surface area contributed by atoms with Crippen LogP contribution >= 0.6 is 0 Å².